The second kappa shape index (κ2) is 4.77. The fourth-order valence-electron chi connectivity index (χ4n) is 1.25. The van der Waals surface area contributed by atoms with Gasteiger partial charge in [-0.05, 0) is 38.6 Å². The molecule has 1 N–H and O–H groups in total. The van der Waals surface area contributed by atoms with E-state index in [-0.39, 0.29) is 0 Å². The number of hydrogen-bond donors (Lipinski definition) is 1. The van der Waals surface area contributed by atoms with Crippen LogP contribution >= 0.6 is 0 Å². The van der Waals surface area contributed by atoms with E-state index in [4.69, 9.17) is 0 Å². The lowest BCUT2D eigenvalue weighted by Gasteiger charge is -2.12. The highest BCUT2D eigenvalue weighted by atomic mass is 14.9. The summed E-state index contributed by atoms with van der Waals surface area (Å²) in [6, 6.07) is 4.36. The lowest BCUT2D eigenvalue weighted by Crippen LogP contribution is -2.14. The van der Waals surface area contributed by atoms with Crippen LogP contribution in [0.25, 0.3) is 0 Å². The molecule has 1 unspecified atom stereocenters. The molecule has 0 radical (unpaired) electrons. The Balaban J connectivity index is 2.85. The van der Waals surface area contributed by atoms with Gasteiger partial charge in [-0.3, -0.25) is 4.98 Å². The number of aromatic nitrogens is 1. The van der Waals surface area contributed by atoms with Crippen LogP contribution in [0, 0.1) is 0 Å². The second-order valence-electron chi connectivity index (χ2n) is 3.29. The zero-order valence-corrected chi connectivity index (χ0v) is 8.41. The van der Waals surface area contributed by atoms with E-state index in [0.29, 0.717) is 6.04 Å². The molecule has 0 aliphatic rings. The van der Waals surface area contributed by atoms with Gasteiger partial charge >= 0.3 is 0 Å². The lowest BCUT2D eigenvalue weighted by molar-refractivity contribution is 0.708. The first-order valence-corrected chi connectivity index (χ1v) is 4.46. The summed E-state index contributed by atoms with van der Waals surface area (Å²) >= 11 is 0. The van der Waals surface area contributed by atoms with Gasteiger partial charge in [0.05, 0.1) is 6.04 Å². The van der Waals surface area contributed by atoms with Crippen LogP contribution in [0.3, 0.4) is 0 Å². The third-order valence-electron chi connectivity index (χ3n) is 1.88. The molecule has 1 rings (SSSR count). The Bertz CT molecular complexity index is 273. The minimum Gasteiger partial charge on any atom is -0.310 e. The van der Waals surface area contributed by atoms with Gasteiger partial charge in [-0.15, -0.1) is 0 Å². The van der Waals surface area contributed by atoms with Crippen LogP contribution in [0.2, 0.25) is 0 Å². The van der Waals surface area contributed by atoms with Crippen LogP contribution in [0.1, 0.15) is 25.5 Å². The predicted molar refractivity (Wildman–Crippen MR) is 55.5 cm³/mol. The van der Waals surface area contributed by atoms with Gasteiger partial charge in [-0.2, -0.15) is 0 Å². The smallest absolute Gasteiger partial charge is 0.0507 e. The molecule has 1 aromatic rings. The summed E-state index contributed by atoms with van der Waals surface area (Å²) in [5.74, 6) is 0. The van der Waals surface area contributed by atoms with Gasteiger partial charge in [0.1, 0.15) is 0 Å². The summed E-state index contributed by atoms with van der Waals surface area (Å²) in [6.07, 6.45) is 5.84. The number of allylic oxidation sites excluding steroid dienone is 1. The maximum absolute atomic E-state index is 3.99. The van der Waals surface area contributed by atoms with Gasteiger partial charge in [0.15, 0.2) is 0 Å². The number of nitrogens with one attached hydrogen (secondary N) is 1. The quantitative estimate of drug-likeness (QED) is 0.715. The number of likely N-dealkylation sites (N-methyl/N-ethyl adjacent to an activating group) is 1. The van der Waals surface area contributed by atoms with E-state index >= 15 is 0 Å². The average Bonchev–Trinajstić information content (AvgIpc) is 2.15. The zero-order valence-electron chi connectivity index (χ0n) is 8.41. The molecule has 1 heterocycles. The first-order chi connectivity index (χ1) is 6.24. The van der Waals surface area contributed by atoms with Gasteiger partial charge in [0.25, 0.3) is 0 Å². The molecule has 0 aliphatic heterocycles. The molecular formula is C11H16N2. The highest BCUT2D eigenvalue weighted by Gasteiger charge is 2.03. The van der Waals surface area contributed by atoms with Crippen molar-refractivity contribution in [3.05, 3.63) is 41.7 Å². The first-order valence-electron chi connectivity index (χ1n) is 4.46. The molecule has 0 saturated heterocycles. The monoisotopic (exact) mass is 176 g/mol. The van der Waals surface area contributed by atoms with Gasteiger partial charge in [0, 0.05) is 12.4 Å². The van der Waals surface area contributed by atoms with Gasteiger partial charge < -0.3 is 5.32 Å². The van der Waals surface area contributed by atoms with Crippen LogP contribution in [-0.2, 0) is 0 Å². The molecule has 0 bridgehead atoms. The summed E-state index contributed by atoms with van der Waals surface area (Å²) in [5, 5.41) is 3.25. The first kappa shape index (κ1) is 9.93. The molecular weight excluding hydrogens is 160 g/mol. The van der Waals surface area contributed by atoms with E-state index in [1.54, 1.807) is 0 Å². The standard InChI is InChI=1S/C11H16N2/c1-9(2)8-11(12-3)10-4-6-13-7-5-10/h4-8,11-12H,1-3H3. The highest BCUT2D eigenvalue weighted by molar-refractivity contribution is 5.21. The van der Waals surface area contributed by atoms with E-state index in [2.05, 4.69) is 30.2 Å². The third kappa shape index (κ3) is 2.99. The SMILES string of the molecule is CNC(C=C(C)C)c1ccncc1. The Labute approximate surface area is 79.7 Å². The average molecular weight is 176 g/mol. The van der Waals surface area contributed by atoms with Crippen molar-refractivity contribution in [1.82, 2.24) is 10.3 Å². The number of pyridine rings is 1. The molecule has 0 spiro atoms. The van der Waals surface area contributed by atoms with Crippen LogP contribution in [0.5, 0.6) is 0 Å². The fourth-order valence-corrected chi connectivity index (χ4v) is 1.25. The maximum atomic E-state index is 3.99. The van der Waals surface area contributed by atoms with E-state index in [1.165, 1.54) is 11.1 Å². The summed E-state index contributed by atoms with van der Waals surface area (Å²) in [4.78, 5) is 3.99. The maximum Gasteiger partial charge on any atom is 0.0507 e. The van der Waals surface area contributed by atoms with Crippen molar-refractivity contribution < 1.29 is 0 Å². The molecule has 2 heteroatoms. The summed E-state index contributed by atoms with van der Waals surface area (Å²) in [6.45, 7) is 4.21. The van der Waals surface area contributed by atoms with Gasteiger partial charge in [0.2, 0.25) is 0 Å². The Kier molecular flexibility index (Phi) is 3.65. The molecule has 0 aliphatic carbocycles. The fraction of sp³-hybridized carbons (Fsp3) is 0.364. The Hall–Kier alpha value is -1.15. The topological polar surface area (TPSA) is 24.9 Å². The van der Waals surface area contributed by atoms with Crippen LogP contribution in [0.4, 0.5) is 0 Å². The lowest BCUT2D eigenvalue weighted by atomic mass is 10.1. The Morgan fingerprint density at radius 1 is 1.38 bits per heavy atom. The van der Waals surface area contributed by atoms with Crippen molar-refractivity contribution in [1.29, 1.82) is 0 Å². The molecule has 2 nitrogen and oxygen atoms in total. The molecule has 1 atom stereocenters. The molecule has 1 aromatic heterocycles. The molecule has 0 amide bonds. The number of hydrogen-bond acceptors (Lipinski definition) is 2. The van der Waals surface area contributed by atoms with Crippen LogP contribution < -0.4 is 5.32 Å². The van der Waals surface area contributed by atoms with Crippen molar-refractivity contribution in [2.24, 2.45) is 0 Å². The van der Waals surface area contributed by atoms with Crippen LogP contribution in [0.15, 0.2) is 36.2 Å². The van der Waals surface area contributed by atoms with E-state index < -0.39 is 0 Å². The largest absolute Gasteiger partial charge is 0.310 e. The normalized spacial score (nSPS) is 12.2. The zero-order chi connectivity index (χ0) is 9.68. The highest BCUT2D eigenvalue weighted by Crippen LogP contribution is 2.13. The van der Waals surface area contributed by atoms with E-state index in [0.717, 1.165) is 0 Å². The second-order valence-corrected chi connectivity index (χ2v) is 3.29. The molecule has 0 fully saturated rings. The predicted octanol–water partition coefficient (Wildman–Crippen LogP) is 2.31. The number of rotatable bonds is 3. The summed E-state index contributed by atoms with van der Waals surface area (Å²) in [5.41, 5.74) is 2.56. The van der Waals surface area contributed by atoms with Crippen molar-refractivity contribution in [2.75, 3.05) is 7.05 Å². The molecule has 13 heavy (non-hydrogen) atoms. The van der Waals surface area contributed by atoms with Crippen LogP contribution in [-0.4, -0.2) is 12.0 Å². The molecule has 70 valence electrons. The van der Waals surface area contributed by atoms with E-state index in [1.807, 2.05) is 31.6 Å². The summed E-state index contributed by atoms with van der Waals surface area (Å²) < 4.78 is 0. The summed E-state index contributed by atoms with van der Waals surface area (Å²) in [7, 11) is 1.96. The van der Waals surface area contributed by atoms with E-state index in [9.17, 15) is 0 Å². The Morgan fingerprint density at radius 3 is 2.46 bits per heavy atom. The third-order valence-corrected chi connectivity index (χ3v) is 1.88. The van der Waals surface area contributed by atoms with Crippen molar-refractivity contribution in [2.45, 2.75) is 19.9 Å². The van der Waals surface area contributed by atoms with Gasteiger partial charge in [-0.1, -0.05) is 11.6 Å². The van der Waals surface area contributed by atoms with Crippen molar-refractivity contribution >= 4 is 0 Å². The minimum atomic E-state index is 0.299. The van der Waals surface area contributed by atoms with Crippen molar-refractivity contribution in [3.63, 3.8) is 0 Å². The van der Waals surface area contributed by atoms with Crippen molar-refractivity contribution in [3.8, 4) is 0 Å². The molecule has 0 aromatic carbocycles. The molecule has 0 saturated carbocycles. The van der Waals surface area contributed by atoms with Gasteiger partial charge in [-0.25, -0.2) is 0 Å². The minimum absolute atomic E-state index is 0.299. The number of nitrogens with zero attached hydrogens (tertiary/aromatic N) is 1. The Morgan fingerprint density at radius 2 is 2.00 bits per heavy atom.